The molecule has 0 heterocycles. The third-order valence-electron chi connectivity index (χ3n) is 7.56. The highest BCUT2D eigenvalue weighted by Crippen LogP contribution is 2.31. The smallest absolute Gasteiger partial charge is 0.264 e. The summed E-state index contributed by atoms with van der Waals surface area (Å²) in [6.07, 6.45) is 1.84. The molecule has 0 aliphatic heterocycles. The Morgan fingerprint density at radius 3 is 2.13 bits per heavy atom. The minimum absolute atomic E-state index is 0.0105. The second-order valence-corrected chi connectivity index (χ2v) is 13.9. The van der Waals surface area contributed by atoms with E-state index in [1.54, 1.807) is 61.5 Å². The van der Waals surface area contributed by atoms with E-state index in [9.17, 15) is 18.0 Å². The molecule has 0 aromatic heterocycles. The number of anilines is 1. The molecule has 0 bridgehead atoms. The molecule has 4 rings (SSSR count). The van der Waals surface area contributed by atoms with Crippen LogP contribution in [0.15, 0.2) is 102 Å². The van der Waals surface area contributed by atoms with E-state index in [0.717, 1.165) is 22.7 Å². The number of unbranched alkanes of at least 4 members (excludes halogenated alkanes) is 1. The zero-order valence-corrected chi connectivity index (χ0v) is 28.7. The molecular formula is C35H36Cl3N3O4S. The van der Waals surface area contributed by atoms with Gasteiger partial charge in [-0.3, -0.25) is 13.9 Å². The molecule has 0 fully saturated rings. The maximum Gasteiger partial charge on any atom is 0.264 e. The molecule has 0 saturated heterocycles. The van der Waals surface area contributed by atoms with Gasteiger partial charge in [0.25, 0.3) is 10.0 Å². The Bertz CT molecular complexity index is 1760. The second-order valence-electron chi connectivity index (χ2n) is 10.8. The fourth-order valence-electron chi connectivity index (χ4n) is 4.99. The quantitative estimate of drug-likeness (QED) is 0.137. The second kappa shape index (κ2) is 16.3. The van der Waals surface area contributed by atoms with Crippen LogP contribution < -0.4 is 9.62 Å². The third-order valence-corrected chi connectivity index (χ3v) is 10.5. The first-order valence-corrected chi connectivity index (χ1v) is 17.5. The van der Waals surface area contributed by atoms with Crippen molar-refractivity contribution in [2.45, 2.75) is 50.6 Å². The molecule has 46 heavy (non-hydrogen) atoms. The lowest BCUT2D eigenvalue weighted by Gasteiger charge is -2.34. The molecule has 1 N–H and O–H groups in total. The monoisotopic (exact) mass is 699 g/mol. The van der Waals surface area contributed by atoms with E-state index in [4.69, 9.17) is 34.8 Å². The number of carbonyl (C=O) groups excluding carboxylic acids is 2. The number of carbonyl (C=O) groups is 2. The van der Waals surface area contributed by atoms with Crippen molar-refractivity contribution in [3.8, 4) is 0 Å². The van der Waals surface area contributed by atoms with Crippen LogP contribution in [0.2, 0.25) is 15.1 Å². The Morgan fingerprint density at radius 1 is 0.804 bits per heavy atom. The fourth-order valence-corrected chi connectivity index (χ4v) is 6.98. The van der Waals surface area contributed by atoms with Gasteiger partial charge in [-0.1, -0.05) is 109 Å². The van der Waals surface area contributed by atoms with Crippen molar-refractivity contribution in [1.82, 2.24) is 10.2 Å². The summed E-state index contributed by atoms with van der Waals surface area (Å²) in [4.78, 5) is 29.9. The first-order chi connectivity index (χ1) is 22.0. The number of sulfonamides is 1. The molecule has 0 radical (unpaired) electrons. The SMILES string of the molecule is CCCCNC(=O)C(Cc1ccccc1)N(Cc1ccc(Cl)c(Cl)c1)C(=O)CN(c1cccc(Cl)c1C)S(=O)(=O)c1ccccc1. The molecule has 1 unspecified atom stereocenters. The lowest BCUT2D eigenvalue weighted by Crippen LogP contribution is -2.53. The van der Waals surface area contributed by atoms with Crippen molar-refractivity contribution in [3.05, 3.63) is 129 Å². The standard InChI is InChI=1S/C35H36Cl3N3O4S/c1-3-4-20-39-35(43)33(22-26-12-7-5-8-13-26)40(23-27-18-19-30(37)31(38)21-27)34(42)24-41(32-17-11-16-29(36)25(32)2)46(44,45)28-14-9-6-10-15-28/h5-19,21,33H,3-4,20,22-24H2,1-2H3,(H,39,43). The van der Waals surface area contributed by atoms with Crippen LogP contribution in [0.4, 0.5) is 5.69 Å². The van der Waals surface area contributed by atoms with Gasteiger partial charge in [0.05, 0.1) is 20.6 Å². The van der Waals surface area contributed by atoms with Crippen molar-refractivity contribution >= 4 is 62.3 Å². The van der Waals surface area contributed by atoms with Crippen molar-refractivity contribution < 1.29 is 18.0 Å². The van der Waals surface area contributed by atoms with E-state index in [-0.39, 0.29) is 29.5 Å². The van der Waals surface area contributed by atoms with Crippen molar-refractivity contribution in [1.29, 1.82) is 0 Å². The molecule has 11 heteroatoms. The lowest BCUT2D eigenvalue weighted by atomic mass is 10.0. The zero-order valence-electron chi connectivity index (χ0n) is 25.6. The molecule has 7 nitrogen and oxygen atoms in total. The van der Waals surface area contributed by atoms with Crippen LogP contribution >= 0.6 is 34.8 Å². The van der Waals surface area contributed by atoms with Gasteiger partial charge in [-0.15, -0.1) is 0 Å². The van der Waals surface area contributed by atoms with Crippen LogP contribution in [0.3, 0.4) is 0 Å². The van der Waals surface area contributed by atoms with E-state index in [1.807, 2.05) is 37.3 Å². The van der Waals surface area contributed by atoms with Gasteiger partial charge >= 0.3 is 0 Å². The summed E-state index contributed by atoms with van der Waals surface area (Å²) in [5.41, 5.74) is 2.21. The predicted octanol–water partition coefficient (Wildman–Crippen LogP) is 7.71. The molecular weight excluding hydrogens is 665 g/mol. The van der Waals surface area contributed by atoms with Crippen LogP contribution in [0.25, 0.3) is 0 Å². The average Bonchev–Trinajstić information content (AvgIpc) is 3.05. The molecule has 1 atom stereocenters. The summed E-state index contributed by atoms with van der Waals surface area (Å²) in [6, 6.07) is 26.2. The summed E-state index contributed by atoms with van der Waals surface area (Å²) >= 11 is 19.0. The van der Waals surface area contributed by atoms with Crippen LogP contribution in [0.5, 0.6) is 0 Å². The lowest BCUT2D eigenvalue weighted by molar-refractivity contribution is -0.140. The Balaban J connectivity index is 1.83. The average molecular weight is 701 g/mol. The molecule has 2 amide bonds. The van der Waals surface area contributed by atoms with Crippen LogP contribution in [-0.4, -0.2) is 44.3 Å². The van der Waals surface area contributed by atoms with Gasteiger partial charge in [-0.25, -0.2) is 8.42 Å². The largest absolute Gasteiger partial charge is 0.354 e. The first-order valence-electron chi connectivity index (χ1n) is 14.9. The van der Waals surface area contributed by atoms with Gasteiger partial charge in [-0.05, 0) is 66.4 Å². The van der Waals surface area contributed by atoms with E-state index < -0.39 is 28.5 Å². The summed E-state index contributed by atoms with van der Waals surface area (Å²) in [5.74, 6) is -0.932. The van der Waals surface area contributed by atoms with Crippen LogP contribution in [0.1, 0.15) is 36.5 Å². The number of hydrogen-bond donors (Lipinski definition) is 1. The normalized spacial score (nSPS) is 11.9. The minimum Gasteiger partial charge on any atom is -0.354 e. The van der Waals surface area contributed by atoms with Crippen LogP contribution in [0, 0.1) is 6.92 Å². The highest BCUT2D eigenvalue weighted by atomic mass is 35.5. The van der Waals surface area contributed by atoms with Crippen LogP contribution in [-0.2, 0) is 32.6 Å². The first kappa shape index (κ1) is 35.3. The topological polar surface area (TPSA) is 86.8 Å². The maximum absolute atomic E-state index is 14.6. The van der Waals surface area contributed by atoms with Gasteiger partial charge in [0.2, 0.25) is 11.8 Å². The number of nitrogens with zero attached hydrogens (tertiary/aromatic N) is 2. The molecule has 0 aliphatic carbocycles. The van der Waals surface area contributed by atoms with E-state index >= 15 is 0 Å². The van der Waals surface area contributed by atoms with Crippen molar-refractivity contribution in [2.75, 3.05) is 17.4 Å². The zero-order chi connectivity index (χ0) is 33.3. The van der Waals surface area contributed by atoms with E-state index in [1.165, 1.54) is 17.0 Å². The highest BCUT2D eigenvalue weighted by Gasteiger charge is 2.35. The molecule has 0 saturated carbocycles. The van der Waals surface area contributed by atoms with E-state index in [2.05, 4.69) is 5.32 Å². The maximum atomic E-state index is 14.6. The minimum atomic E-state index is -4.24. The summed E-state index contributed by atoms with van der Waals surface area (Å²) in [6.45, 7) is 3.54. The van der Waals surface area contributed by atoms with Gasteiger partial charge in [0.1, 0.15) is 12.6 Å². The summed E-state index contributed by atoms with van der Waals surface area (Å²) in [5, 5.41) is 3.96. The molecule has 4 aromatic rings. The number of benzene rings is 4. The number of halogens is 3. The third kappa shape index (κ3) is 8.82. The summed E-state index contributed by atoms with van der Waals surface area (Å²) < 4.78 is 29.4. The van der Waals surface area contributed by atoms with Gasteiger partial charge < -0.3 is 10.2 Å². The Morgan fingerprint density at radius 2 is 1.48 bits per heavy atom. The number of hydrogen-bond acceptors (Lipinski definition) is 4. The predicted molar refractivity (Wildman–Crippen MR) is 186 cm³/mol. The highest BCUT2D eigenvalue weighted by molar-refractivity contribution is 7.92. The van der Waals surface area contributed by atoms with Crippen molar-refractivity contribution in [3.63, 3.8) is 0 Å². The molecule has 242 valence electrons. The Hall–Kier alpha value is -3.56. The van der Waals surface area contributed by atoms with Gasteiger partial charge in [0, 0.05) is 24.5 Å². The Kier molecular flexibility index (Phi) is 12.5. The van der Waals surface area contributed by atoms with E-state index in [0.29, 0.717) is 32.7 Å². The summed E-state index contributed by atoms with van der Waals surface area (Å²) in [7, 11) is -4.24. The van der Waals surface area contributed by atoms with Gasteiger partial charge in [0.15, 0.2) is 0 Å². The number of rotatable bonds is 14. The Labute approximate surface area is 286 Å². The number of nitrogens with one attached hydrogen (secondary N) is 1. The van der Waals surface area contributed by atoms with Crippen molar-refractivity contribution in [2.24, 2.45) is 0 Å². The molecule has 4 aromatic carbocycles. The molecule has 0 spiro atoms. The number of amides is 2. The van der Waals surface area contributed by atoms with Gasteiger partial charge in [-0.2, -0.15) is 0 Å². The fraction of sp³-hybridized carbons (Fsp3) is 0.257. The molecule has 0 aliphatic rings.